The predicted molar refractivity (Wildman–Crippen MR) is 108 cm³/mol. The van der Waals surface area contributed by atoms with E-state index in [1.807, 2.05) is 31.2 Å². The van der Waals surface area contributed by atoms with E-state index in [2.05, 4.69) is 6.07 Å². The number of nitrogens with zero attached hydrogens (tertiary/aromatic N) is 3. The lowest BCUT2D eigenvalue weighted by atomic mass is 9.53. The van der Waals surface area contributed by atoms with Gasteiger partial charge in [-0.2, -0.15) is 15.8 Å². The fourth-order valence-corrected chi connectivity index (χ4v) is 4.90. The number of nitriles is 3. The van der Waals surface area contributed by atoms with Crippen LogP contribution in [0.5, 0.6) is 0 Å². The molecule has 2 aliphatic rings. The van der Waals surface area contributed by atoms with Crippen LogP contribution in [0.25, 0.3) is 0 Å². The van der Waals surface area contributed by atoms with Crippen LogP contribution in [0.1, 0.15) is 29.7 Å². The fourth-order valence-electron chi connectivity index (χ4n) is 4.71. The van der Waals surface area contributed by atoms with Crippen molar-refractivity contribution in [3.8, 4) is 18.2 Å². The van der Waals surface area contributed by atoms with Crippen LogP contribution in [-0.2, 0) is 15.3 Å². The molecule has 0 saturated carbocycles. The van der Waals surface area contributed by atoms with E-state index in [1.165, 1.54) is 0 Å². The van der Waals surface area contributed by atoms with Crippen molar-refractivity contribution >= 4 is 17.5 Å². The van der Waals surface area contributed by atoms with Crippen LogP contribution < -0.4 is 0 Å². The number of hydrogen-bond donors (Lipinski definition) is 1. The molecule has 2 aromatic carbocycles. The maximum absolute atomic E-state index is 10.3. The first-order valence-electron chi connectivity index (χ1n) is 9.33. The van der Waals surface area contributed by atoms with E-state index in [0.717, 1.165) is 5.56 Å². The third kappa shape index (κ3) is 2.22. The zero-order chi connectivity index (χ0) is 21.7. The number of benzene rings is 2. The SMILES string of the molecule is Cc1cccc(C2OC3(c4cccc(Cl)c4)OC(=N)C(C#N)(C3C)C2(C#N)C#N)c1. The molecular weight excluding hydrogens is 400 g/mol. The van der Waals surface area contributed by atoms with Crippen LogP contribution in [-0.4, -0.2) is 5.90 Å². The second-order valence-electron chi connectivity index (χ2n) is 7.69. The van der Waals surface area contributed by atoms with E-state index in [9.17, 15) is 15.8 Å². The van der Waals surface area contributed by atoms with Crippen molar-refractivity contribution < 1.29 is 9.47 Å². The maximum Gasteiger partial charge on any atom is 0.244 e. The van der Waals surface area contributed by atoms with Crippen LogP contribution in [0.3, 0.4) is 0 Å². The monoisotopic (exact) mass is 416 g/mol. The van der Waals surface area contributed by atoms with E-state index >= 15 is 0 Å². The second kappa shape index (κ2) is 6.57. The van der Waals surface area contributed by atoms with Crippen molar-refractivity contribution in [1.29, 1.82) is 21.2 Å². The summed E-state index contributed by atoms with van der Waals surface area (Å²) in [4.78, 5) is 0. The third-order valence-corrected chi connectivity index (χ3v) is 6.48. The van der Waals surface area contributed by atoms with Crippen molar-refractivity contribution in [1.82, 2.24) is 0 Å². The highest BCUT2D eigenvalue weighted by atomic mass is 35.5. The molecule has 7 heteroatoms. The molecule has 4 unspecified atom stereocenters. The summed E-state index contributed by atoms with van der Waals surface area (Å²) in [6, 6.07) is 20.2. The van der Waals surface area contributed by atoms with Gasteiger partial charge in [-0.1, -0.05) is 60.5 Å². The molecule has 148 valence electrons. The summed E-state index contributed by atoms with van der Waals surface area (Å²) in [5.41, 5.74) is -1.82. The zero-order valence-corrected chi connectivity index (χ0v) is 17.1. The number of halogens is 1. The lowest BCUT2D eigenvalue weighted by molar-refractivity contribution is -0.288. The largest absolute Gasteiger partial charge is 0.443 e. The average Bonchev–Trinajstić information content (AvgIpc) is 2.90. The molecule has 2 aromatic rings. The van der Waals surface area contributed by atoms with Gasteiger partial charge < -0.3 is 9.47 Å². The first-order valence-corrected chi connectivity index (χ1v) is 9.71. The topological polar surface area (TPSA) is 114 Å². The van der Waals surface area contributed by atoms with Gasteiger partial charge in [-0.3, -0.25) is 5.41 Å². The van der Waals surface area contributed by atoms with Crippen LogP contribution in [0, 0.1) is 63.1 Å². The highest BCUT2D eigenvalue weighted by molar-refractivity contribution is 6.30. The van der Waals surface area contributed by atoms with Crippen LogP contribution in [0.4, 0.5) is 0 Å². The number of rotatable bonds is 2. The molecule has 0 radical (unpaired) electrons. The Morgan fingerprint density at radius 2 is 1.73 bits per heavy atom. The fraction of sp³-hybridized carbons (Fsp3) is 0.304. The number of ether oxygens (including phenoxy) is 2. The first kappa shape index (κ1) is 19.9. The molecule has 0 spiro atoms. The minimum atomic E-state index is -1.98. The van der Waals surface area contributed by atoms with Crippen molar-refractivity contribution in [2.45, 2.75) is 25.7 Å². The summed E-state index contributed by atoms with van der Waals surface area (Å²) in [6.07, 6.45) is -1.12. The molecule has 1 N–H and O–H groups in total. The molecule has 2 aliphatic heterocycles. The number of fused-ring (bicyclic) bond motifs is 2. The van der Waals surface area contributed by atoms with Crippen molar-refractivity contribution in [3.63, 3.8) is 0 Å². The molecule has 6 nitrogen and oxygen atoms in total. The molecule has 0 aliphatic carbocycles. The van der Waals surface area contributed by atoms with Gasteiger partial charge in [0.25, 0.3) is 0 Å². The number of nitrogens with one attached hydrogen (secondary N) is 1. The minimum absolute atomic E-state index is 0.437. The standard InChI is InChI=1S/C23H17ClN4O2/c1-14-5-3-6-16(9-14)19-21(11-25,12-26)22(13-27)15(2)23(29-19,30-20(22)28)17-7-4-8-18(24)10-17/h3-10,15,19,28H,1-2H3. The van der Waals surface area contributed by atoms with E-state index in [4.69, 9.17) is 26.5 Å². The summed E-state index contributed by atoms with van der Waals surface area (Å²) in [7, 11) is 0. The van der Waals surface area contributed by atoms with Crippen molar-refractivity contribution in [2.24, 2.45) is 16.7 Å². The van der Waals surface area contributed by atoms with Gasteiger partial charge in [0, 0.05) is 10.6 Å². The summed E-state index contributed by atoms with van der Waals surface area (Å²) >= 11 is 6.20. The van der Waals surface area contributed by atoms with Gasteiger partial charge in [0.15, 0.2) is 5.41 Å². The Morgan fingerprint density at radius 3 is 2.33 bits per heavy atom. The van der Waals surface area contributed by atoms with Gasteiger partial charge in [0.2, 0.25) is 17.1 Å². The summed E-state index contributed by atoms with van der Waals surface area (Å²) < 4.78 is 12.4. The molecule has 2 bridgehead atoms. The number of aryl methyl sites for hydroxylation is 1. The molecule has 2 heterocycles. The molecule has 2 fully saturated rings. The maximum atomic E-state index is 10.3. The van der Waals surface area contributed by atoms with Crippen LogP contribution in [0.15, 0.2) is 48.5 Å². The predicted octanol–water partition coefficient (Wildman–Crippen LogP) is 4.76. The Kier molecular flexibility index (Phi) is 4.37. The Hall–Kier alpha value is -3.37. The van der Waals surface area contributed by atoms with E-state index < -0.39 is 34.5 Å². The van der Waals surface area contributed by atoms with Crippen LogP contribution in [0.2, 0.25) is 5.02 Å². The number of hydrogen-bond acceptors (Lipinski definition) is 6. The van der Waals surface area contributed by atoms with Gasteiger partial charge in [0.05, 0.1) is 24.1 Å². The lowest BCUT2D eigenvalue weighted by Crippen LogP contribution is -2.57. The summed E-state index contributed by atoms with van der Waals surface area (Å²) in [5.74, 6) is -2.80. The van der Waals surface area contributed by atoms with Crippen LogP contribution >= 0.6 is 11.6 Å². The van der Waals surface area contributed by atoms with Gasteiger partial charge in [-0.15, -0.1) is 0 Å². The molecular formula is C23H17ClN4O2. The lowest BCUT2D eigenvalue weighted by Gasteiger charge is -2.48. The van der Waals surface area contributed by atoms with Crippen molar-refractivity contribution in [2.75, 3.05) is 0 Å². The Morgan fingerprint density at radius 1 is 1.03 bits per heavy atom. The molecule has 4 rings (SSSR count). The van der Waals surface area contributed by atoms with E-state index in [-0.39, 0.29) is 0 Å². The van der Waals surface area contributed by atoms with E-state index in [0.29, 0.717) is 16.1 Å². The molecule has 0 aromatic heterocycles. The second-order valence-corrected chi connectivity index (χ2v) is 8.13. The van der Waals surface area contributed by atoms with Gasteiger partial charge in [-0.25, -0.2) is 0 Å². The minimum Gasteiger partial charge on any atom is -0.443 e. The third-order valence-electron chi connectivity index (χ3n) is 6.24. The molecule has 2 saturated heterocycles. The van der Waals surface area contributed by atoms with Gasteiger partial charge >= 0.3 is 0 Å². The highest BCUT2D eigenvalue weighted by Crippen LogP contribution is 2.69. The first-order chi connectivity index (χ1) is 14.3. The van der Waals surface area contributed by atoms with E-state index in [1.54, 1.807) is 43.3 Å². The molecule has 4 atom stereocenters. The summed E-state index contributed by atoms with van der Waals surface area (Å²) in [6.45, 7) is 3.55. The summed E-state index contributed by atoms with van der Waals surface area (Å²) in [5, 5.41) is 39.7. The molecule has 0 amide bonds. The quantitative estimate of drug-likeness (QED) is 0.757. The Balaban J connectivity index is 2.06. The van der Waals surface area contributed by atoms with Crippen molar-refractivity contribution in [3.05, 3.63) is 70.2 Å². The smallest absolute Gasteiger partial charge is 0.244 e. The Bertz CT molecular complexity index is 1180. The average molecular weight is 417 g/mol. The molecule has 30 heavy (non-hydrogen) atoms. The normalized spacial score (nSPS) is 31.1. The van der Waals surface area contributed by atoms with Gasteiger partial charge in [0.1, 0.15) is 6.10 Å². The van der Waals surface area contributed by atoms with Gasteiger partial charge in [-0.05, 0) is 24.6 Å². The highest BCUT2D eigenvalue weighted by Gasteiger charge is 2.79. The zero-order valence-electron chi connectivity index (χ0n) is 16.3. The Labute approximate surface area is 179 Å².